The molecule has 2 aromatic carbocycles. The molecule has 1 aliphatic heterocycles. The van der Waals surface area contributed by atoms with E-state index in [4.69, 9.17) is 4.52 Å². The third kappa shape index (κ3) is 7.47. The van der Waals surface area contributed by atoms with Crippen molar-refractivity contribution in [1.29, 1.82) is 0 Å². The number of hydrogen-bond donors (Lipinski definition) is 1. The molecule has 2 fully saturated rings. The number of hydrogen-bond acceptors (Lipinski definition) is 7. The van der Waals surface area contributed by atoms with Gasteiger partial charge in [0.05, 0.1) is 0 Å². The molecule has 0 amide bonds. The van der Waals surface area contributed by atoms with E-state index in [9.17, 15) is 13.2 Å². The summed E-state index contributed by atoms with van der Waals surface area (Å²) in [6.45, 7) is 3.88. The highest BCUT2D eigenvalue weighted by Crippen LogP contribution is 2.36. The molecule has 226 valence electrons. The fourth-order valence-corrected chi connectivity index (χ4v) is 6.59. The molecule has 0 unspecified atom stereocenters. The highest BCUT2D eigenvalue weighted by molar-refractivity contribution is 5.67. The summed E-state index contributed by atoms with van der Waals surface area (Å²) in [5, 5.41) is 7.72. The molecule has 3 atom stereocenters. The molecule has 1 N–H and O–H groups in total. The molecule has 43 heavy (non-hydrogen) atoms. The lowest BCUT2D eigenvalue weighted by atomic mass is 9.77. The van der Waals surface area contributed by atoms with E-state index in [1.54, 1.807) is 25.3 Å². The zero-order chi connectivity index (χ0) is 29.8. The minimum Gasteiger partial charge on any atom is -0.406 e. The van der Waals surface area contributed by atoms with Gasteiger partial charge in [0.1, 0.15) is 11.6 Å². The van der Waals surface area contributed by atoms with Crippen LogP contribution in [-0.4, -0.2) is 40.6 Å². The van der Waals surface area contributed by atoms with Crippen molar-refractivity contribution in [2.45, 2.75) is 64.3 Å². The number of piperidine rings is 1. The molecule has 2 aliphatic rings. The van der Waals surface area contributed by atoms with Crippen LogP contribution < -0.4 is 15.0 Å². The van der Waals surface area contributed by atoms with Gasteiger partial charge in [-0.1, -0.05) is 30.1 Å². The Hall–Kier alpha value is -4.08. The van der Waals surface area contributed by atoms with Crippen LogP contribution in [0.4, 0.5) is 24.7 Å². The molecule has 1 aliphatic carbocycles. The van der Waals surface area contributed by atoms with Crippen molar-refractivity contribution in [3.8, 4) is 28.3 Å². The first-order valence-electron chi connectivity index (χ1n) is 15.0. The summed E-state index contributed by atoms with van der Waals surface area (Å²) in [7, 11) is 0. The van der Waals surface area contributed by atoms with Gasteiger partial charge in [0, 0.05) is 43.5 Å². The third-order valence-electron chi connectivity index (χ3n) is 8.58. The Morgan fingerprint density at radius 3 is 2.56 bits per heavy atom. The van der Waals surface area contributed by atoms with Gasteiger partial charge in [-0.15, -0.1) is 13.2 Å². The van der Waals surface area contributed by atoms with Crippen molar-refractivity contribution >= 4 is 11.5 Å². The lowest BCUT2D eigenvalue weighted by Gasteiger charge is -2.39. The fraction of sp³-hybridized carbons (Fsp3) is 0.424. The van der Waals surface area contributed by atoms with Gasteiger partial charge in [-0.05, 0) is 104 Å². The van der Waals surface area contributed by atoms with E-state index >= 15 is 0 Å². The van der Waals surface area contributed by atoms with Gasteiger partial charge in [-0.2, -0.15) is 4.98 Å². The number of benzene rings is 2. The summed E-state index contributed by atoms with van der Waals surface area (Å²) in [6, 6.07) is 18.5. The molecule has 4 aromatic rings. The normalized spacial score (nSPS) is 21.0. The number of alkyl halides is 3. The molecule has 3 heterocycles. The molecule has 0 bridgehead atoms. The molecule has 1 saturated heterocycles. The molecular formula is C33H36F3N5O2. The van der Waals surface area contributed by atoms with Crippen LogP contribution in [0.1, 0.15) is 50.8 Å². The molecule has 0 radical (unpaired) electrons. The maximum absolute atomic E-state index is 12.7. The Kier molecular flexibility index (Phi) is 8.54. The quantitative estimate of drug-likeness (QED) is 0.221. The van der Waals surface area contributed by atoms with E-state index in [1.165, 1.54) is 49.9 Å². The molecular weight excluding hydrogens is 555 g/mol. The summed E-state index contributed by atoms with van der Waals surface area (Å²) >= 11 is 0. The zero-order valence-electron chi connectivity index (χ0n) is 24.2. The average Bonchev–Trinajstić information content (AvgIpc) is 3.44. The second-order valence-corrected chi connectivity index (χ2v) is 11.7. The van der Waals surface area contributed by atoms with Gasteiger partial charge in [0.2, 0.25) is 11.7 Å². The summed E-state index contributed by atoms with van der Waals surface area (Å²) < 4.78 is 47.4. The maximum Gasteiger partial charge on any atom is 0.573 e. The van der Waals surface area contributed by atoms with E-state index in [1.807, 2.05) is 12.1 Å². The minimum atomic E-state index is -4.73. The van der Waals surface area contributed by atoms with Crippen molar-refractivity contribution in [1.82, 2.24) is 15.1 Å². The van der Waals surface area contributed by atoms with Crippen LogP contribution in [0.5, 0.6) is 5.75 Å². The van der Waals surface area contributed by atoms with Crippen molar-refractivity contribution in [3.63, 3.8) is 0 Å². The Morgan fingerprint density at radius 1 is 0.953 bits per heavy atom. The van der Waals surface area contributed by atoms with Crippen molar-refractivity contribution in [2.75, 3.05) is 23.3 Å². The fourth-order valence-electron chi connectivity index (χ4n) is 6.59. The van der Waals surface area contributed by atoms with Gasteiger partial charge in [-0.25, -0.2) is 4.98 Å². The number of aromatic nitrogens is 3. The maximum atomic E-state index is 12.7. The average molecular weight is 592 g/mol. The highest BCUT2D eigenvalue weighted by atomic mass is 19.4. The Bertz CT molecular complexity index is 1510. The Balaban J connectivity index is 1.09. The van der Waals surface area contributed by atoms with Gasteiger partial charge in [0.25, 0.3) is 0 Å². The van der Waals surface area contributed by atoms with E-state index in [-0.39, 0.29) is 5.75 Å². The van der Waals surface area contributed by atoms with Crippen molar-refractivity contribution < 1.29 is 22.4 Å². The largest absolute Gasteiger partial charge is 0.573 e. The number of nitrogens with one attached hydrogen (secondary N) is 1. The number of nitrogens with zero attached hydrogens (tertiary/aromatic N) is 4. The number of pyridine rings is 1. The summed E-state index contributed by atoms with van der Waals surface area (Å²) in [4.78, 5) is 11.4. The predicted octanol–water partition coefficient (Wildman–Crippen LogP) is 8.28. The number of halogens is 3. The van der Waals surface area contributed by atoms with Crippen LogP contribution in [0.15, 0.2) is 71.4 Å². The SMILES string of the molecule is Cc1nc(-c2ccc(N3CCC[C@H](C[C@@H]4CCCC[C@H]4Nc4cc(-c5cccc(OC(F)(F)F)c5)ccn4)C3)cc2)no1. The van der Waals surface area contributed by atoms with Gasteiger partial charge in [-0.3, -0.25) is 0 Å². The first-order chi connectivity index (χ1) is 20.8. The van der Waals surface area contributed by atoms with E-state index in [0.29, 0.717) is 35.2 Å². The zero-order valence-corrected chi connectivity index (χ0v) is 24.2. The lowest BCUT2D eigenvalue weighted by molar-refractivity contribution is -0.274. The first-order valence-corrected chi connectivity index (χ1v) is 15.0. The summed E-state index contributed by atoms with van der Waals surface area (Å²) in [6.07, 6.45) is 5.20. The van der Waals surface area contributed by atoms with Crippen LogP contribution in [0.2, 0.25) is 0 Å². The molecule has 2 aromatic heterocycles. The number of ether oxygens (including phenoxy) is 1. The van der Waals surface area contributed by atoms with Gasteiger partial charge >= 0.3 is 6.36 Å². The van der Waals surface area contributed by atoms with Crippen LogP contribution in [-0.2, 0) is 0 Å². The van der Waals surface area contributed by atoms with E-state index in [2.05, 4.69) is 54.3 Å². The number of rotatable bonds is 8. The van der Waals surface area contributed by atoms with Gasteiger partial charge in [0.15, 0.2) is 0 Å². The predicted molar refractivity (Wildman–Crippen MR) is 160 cm³/mol. The Morgan fingerprint density at radius 2 is 1.77 bits per heavy atom. The second-order valence-electron chi connectivity index (χ2n) is 11.7. The summed E-state index contributed by atoms with van der Waals surface area (Å²) in [5.41, 5.74) is 3.61. The second kappa shape index (κ2) is 12.7. The van der Waals surface area contributed by atoms with Crippen molar-refractivity contribution in [2.24, 2.45) is 11.8 Å². The summed E-state index contributed by atoms with van der Waals surface area (Å²) in [5.74, 6) is 2.83. The molecule has 10 heteroatoms. The van der Waals surface area contributed by atoms with Gasteiger partial charge < -0.3 is 19.5 Å². The molecule has 0 spiro atoms. The standard InChI is InChI=1S/C33H36F3N5O2/c1-22-38-32(40-43-22)24-11-13-28(14-12-24)41-17-5-6-23(21-41)18-27-7-2-3-10-30(27)39-31-20-26(15-16-37-31)25-8-4-9-29(19-25)42-33(34,35)36/h4,8-9,11-16,19-20,23,27,30H,2-3,5-7,10,17-18,21H2,1H3,(H,37,39)/t23-,27+,30-/m1/s1. The van der Waals surface area contributed by atoms with Crippen LogP contribution in [0.3, 0.4) is 0 Å². The monoisotopic (exact) mass is 591 g/mol. The van der Waals surface area contributed by atoms with Crippen LogP contribution >= 0.6 is 0 Å². The van der Waals surface area contributed by atoms with Crippen LogP contribution in [0.25, 0.3) is 22.5 Å². The number of aryl methyl sites for hydroxylation is 1. The van der Waals surface area contributed by atoms with E-state index in [0.717, 1.165) is 42.9 Å². The minimum absolute atomic E-state index is 0.233. The molecule has 6 rings (SSSR count). The Labute approximate surface area is 249 Å². The van der Waals surface area contributed by atoms with Crippen molar-refractivity contribution in [3.05, 3.63) is 72.8 Å². The topological polar surface area (TPSA) is 76.3 Å². The molecule has 7 nitrogen and oxygen atoms in total. The number of anilines is 2. The smallest absolute Gasteiger partial charge is 0.406 e. The van der Waals surface area contributed by atoms with Crippen LogP contribution in [0, 0.1) is 18.8 Å². The first kappa shape index (κ1) is 29.0. The highest BCUT2D eigenvalue weighted by Gasteiger charge is 2.32. The lowest BCUT2D eigenvalue weighted by Crippen LogP contribution is -2.39. The molecule has 1 saturated carbocycles. The third-order valence-corrected chi connectivity index (χ3v) is 8.58. The van der Waals surface area contributed by atoms with E-state index < -0.39 is 6.36 Å².